The minimum Gasteiger partial charge on any atom is -0.506 e. The summed E-state index contributed by atoms with van der Waals surface area (Å²) in [7, 11) is 0. The predicted molar refractivity (Wildman–Crippen MR) is 69.2 cm³/mol. The highest BCUT2D eigenvalue weighted by molar-refractivity contribution is 5.98. The maximum atomic E-state index is 12.6. The van der Waals surface area contributed by atoms with E-state index in [1.165, 1.54) is 6.92 Å². The van der Waals surface area contributed by atoms with Crippen LogP contribution in [0.2, 0.25) is 0 Å². The smallest absolute Gasteiger partial charge is 0.416 e. The molecule has 20 heavy (non-hydrogen) atoms. The van der Waals surface area contributed by atoms with E-state index in [2.05, 4.69) is 5.32 Å². The van der Waals surface area contributed by atoms with Crippen LogP contribution in [0, 0.1) is 0 Å². The Morgan fingerprint density at radius 3 is 2.50 bits per heavy atom. The molecule has 0 fully saturated rings. The summed E-state index contributed by atoms with van der Waals surface area (Å²) in [5.74, 6) is -1.09. The van der Waals surface area contributed by atoms with Gasteiger partial charge in [0.05, 0.1) is 16.8 Å². The fourth-order valence-corrected chi connectivity index (χ4v) is 1.71. The van der Waals surface area contributed by atoms with Crippen LogP contribution in [0.25, 0.3) is 0 Å². The number of benzene rings is 1. The summed E-state index contributed by atoms with van der Waals surface area (Å²) < 4.78 is 37.7. The van der Waals surface area contributed by atoms with Gasteiger partial charge in [-0.05, 0) is 31.5 Å². The van der Waals surface area contributed by atoms with Gasteiger partial charge in [-0.3, -0.25) is 4.79 Å². The number of hydrogen-bond acceptors (Lipinski definition) is 3. The zero-order valence-corrected chi connectivity index (χ0v) is 11.2. The van der Waals surface area contributed by atoms with Crippen LogP contribution in [0.3, 0.4) is 0 Å². The van der Waals surface area contributed by atoms with Crippen LogP contribution in [0.4, 0.5) is 18.9 Å². The SMILES string of the molecule is CCCC(C)(N)C(=O)Nc1cc(C(F)(F)F)ccc1O. The summed E-state index contributed by atoms with van der Waals surface area (Å²) in [6.45, 7) is 3.32. The average molecular weight is 290 g/mol. The summed E-state index contributed by atoms with van der Waals surface area (Å²) in [6.07, 6.45) is -3.53. The Bertz CT molecular complexity index is 499. The lowest BCUT2D eigenvalue weighted by atomic mass is 9.96. The van der Waals surface area contributed by atoms with E-state index in [-0.39, 0.29) is 5.69 Å². The van der Waals surface area contributed by atoms with E-state index in [1.807, 2.05) is 6.92 Å². The van der Waals surface area contributed by atoms with E-state index in [1.54, 1.807) is 0 Å². The second kappa shape index (κ2) is 5.70. The first-order valence-electron chi connectivity index (χ1n) is 6.08. The molecular formula is C13H17F3N2O2. The Morgan fingerprint density at radius 1 is 1.40 bits per heavy atom. The Kier molecular flexibility index (Phi) is 4.65. The van der Waals surface area contributed by atoms with Crippen LogP contribution < -0.4 is 11.1 Å². The number of rotatable bonds is 4. The van der Waals surface area contributed by atoms with Gasteiger partial charge in [0.2, 0.25) is 5.91 Å². The van der Waals surface area contributed by atoms with Crippen LogP contribution in [-0.4, -0.2) is 16.6 Å². The van der Waals surface area contributed by atoms with Crippen molar-refractivity contribution in [1.82, 2.24) is 0 Å². The van der Waals surface area contributed by atoms with Gasteiger partial charge in [0.25, 0.3) is 0 Å². The maximum Gasteiger partial charge on any atom is 0.416 e. The van der Waals surface area contributed by atoms with Gasteiger partial charge in [-0.15, -0.1) is 0 Å². The van der Waals surface area contributed by atoms with Crippen molar-refractivity contribution < 1.29 is 23.1 Å². The molecule has 0 heterocycles. The lowest BCUT2D eigenvalue weighted by molar-refractivity contribution is -0.137. The van der Waals surface area contributed by atoms with Crippen LogP contribution in [0.1, 0.15) is 32.3 Å². The lowest BCUT2D eigenvalue weighted by Crippen LogP contribution is -2.48. The molecular weight excluding hydrogens is 273 g/mol. The third kappa shape index (κ3) is 3.86. The third-order valence-electron chi connectivity index (χ3n) is 2.86. The number of nitrogens with one attached hydrogen (secondary N) is 1. The normalized spacial score (nSPS) is 14.7. The molecule has 1 unspecified atom stereocenters. The molecule has 0 aliphatic carbocycles. The zero-order valence-electron chi connectivity index (χ0n) is 11.2. The average Bonchev–Trinajstić information content (AvgIpc) is 2.30. The number of phenols is 1. The number of amides is 1. The van der Waals surface area contributed by atoms with Gasteiger partial charge in [-0.2, -0.15) is 13.2 Å². The van der Waals surface area contributed by atoms with E-state index < -0.39 is 28.9 Å². The molecule has 1 aromatic carbocycles. The van der Waals surface area contributed by atoms with Crippen molar-refractivity contribution in [2.24, 2.45) is 5.73 Å². The van der Waals surface area contributed by atoms with Crippen molar-refractivity contribution >= 4 is 11.6 Å². The molecule has 0 saturated carbocycles. The summed E-state index contributed by atoms with van der Waals surface area (Å²) in [4.78, 5) is 11.9. The quantitative estimate of drug-likeness (QED) is 0.746. The van der Waals surface area contributed by atoms with Crippen molar-refractivity contribution in [3.63, 3.8) is 0 Å². The number of halogens is 3. The van der Waals surface area contributed by atoms with E-state index in [9.17, 15) is 23.1 Å². The number of hydrogen-bond donors (Lipinski definition) is 3. The molecule has 1 atom stereocenters. The number of carbonyl (C=O) groups is 1. The molecule has 0 saturated heterocycles. The Hall–Kier alpha value is -1.76. The number of aromatic hydroxyl groups is 1. The van der Waals surface area contributed by atoms with Crippen LogP contribution in [0.5, 0.6) is 5.75 Å². The molecule has 0 aliphatic rings. The standard InChI is InChI=1S/C13H17F3N2O2/c1-3-6-12(2,17)11(20)18-9-7-8(13(14,15)16)4-5-10(9)19/h4-5,7,19H,3,6,17H2,1-2H3,(H,18,20). The first kappa shape index (κ1) is 16.3. The summed E-state index contributed by atoms with van der Waals surface area (Å²) in [6, 6.07) is 2.29. The van der Waals surface area contributed by atoms with Gasteiger partial charge in [-0.25, -0.2) is 0 Å². The van der Waals surface area contributed by atoms with Crippen molar-refractivity contribution in [3.8, 4) is 5.75 Å². The first-order valence-corrected chi connectivity index (χ1v) is 6.08. The lowest BCUT2D eigenvalue weighted by Gasteiger charge is -2.23. The molecule has 0 spiro atoms. The fourth-order valence-electron chi connectivity index (χ4n) is 1.71. The highest BCUT2D eigenvalue weighted by Gasteiger charge is 2.32. The summed E-state index contributed by atoms with van der Waals surface area (Å²) in [5, 5.41) is 11.8. The van der Waals surface area contributed by atoms with Gasteiger partial charge in [0, 0.05) is 0 Å². The Balaban J connectivity index is 3.01. The molecule has 7 heteroatoms. The molecule has 1 rings (SSSR count). The van der Waals surface area contributed by atoms with Crippen LogP contribution in [-0.2, 0) is 11.0 Å². The Labute approximate surface area is 114 Å². The molecule has 1 aromatic rings. The zero-order chi connectivity index (χ0) is 15.6. The summed E-state index contributed by atoms with van der Waals surface area (Å²) >= 11 is 0. The van der Waals surface area contributed by atoms with Gasteiger partial charge < -0.3 is 16.2 Å². The molecule has 0 radical (unpaired) electrons. The number of anilines is 1. The van der Waals surface area contributed by atoms with E-state index in [4.69, 9.17) is 5.73 Å². The number of phenolic OH excluding ortho intramolecular Hbond substituents is 1. The van der Waals surface area contributed by atoms with Gasteiger partial charge in [0.1, 0.15) is 5.75 Å². The highest BCUT2D eigenvalue weighted by atomic mass is 19.4. The molecule has 0 aliphatic heterocycles. The van der Waals surface area contributed by atoms with Crippen LogP contribution >= 0.6 is 0 Å². The van der Waals surface area contributed by atoms with Crippen molar-refractivity contribution in [3.05, 3.63) is 23.8 Å². The minimum absolute atomic E-state index is 0.308. The number of carbonyl (C=O) groups excluding carboxylic acids is 1. The number of nitrogens with two attached hydrogens (primary N) is 1. The minimum atomic E-state index is -4.55. The third-order valence-corrected chi connectivity index (χ3v) is 2.86. The highest BCUT2D eigenvalue weighted by Crippen LogP contribution is 2.34. The monoisotopic (exact) mass is 290 g/mol. The molecule has 4 nitrogen and oxygen atoms in total. The van der Waals surface area contributed by atoms with E-state index >= 15 is 0 Å². The Morgan fingerprint density at radius 2 is 2.00 bits per heavy atom. The van der Waals surface area contributed by atoms with E-state index in [0.29, 0.717) is 18.9 Å². The molecule has 1 amide bonds. The van der Waals surface area contributed by atoms with Gasteiger partial charge in [0.15, 0.2) is 0 Å². The van der Waals surface area contributed by atoms with Gasteiger partial charge >= 0.3 is 6.18 Å². The van der Waals surface area contributed by atoms with Crippen molar-refractivity contribution in [2.45, 2.75) is 38.4 Å². The molecule has 4 N–H and O–H groups in total. The second-order valence-corrected chi connectivity index (χ2v) is 4.85. The van der Waals surface area contributed by atoms with Crippen molar-refractivity contribution in [1.29, 1.82) is 0 Å². The van der Waals surface area contributed by atoms with Crippen LogP contribution in [0.15, 0.2) is 18.2 Å². The molecule has 0 bridgehead atoms. The molecule has 112 valence electrons. The number of alkyl halides is 3. The predicted octanol–water partition coefficient (Wildman–Crippen LogP) is 2.87. The molecule has 0 aromatic heterocycles. The first-order chi connectivity index (χ1) is 9.08. The second-order valence-electron chi connectivity index (χ2n) is 4.85. The topological polar surface area (TPSA) is 75.4 Å². The van der Waals surface area contributed by atoms with Gasteiger partial charge in [-0.1, -0.05) is 13.3 Å². The largest absolute Gasteiger partial charge is 0.506 e. The maximum absolute atomic E-state index is 12.6. The van der Waals surface area contributed by atoms with E-state index in [0.717, 1.165) is 12.1 Å². The summed E-state index contributed by atoms with van der Waals surface area (Å²) in [5.41, 5.74) is 3.30. The fraction of sp³-hybridized carbons (Fsp3) is 0.462. The van der Waals surface area contributed by atoms with Crippen molar-refractivity contribution in [2.75, 3.05) is 5.32 Å².